The number of hydrogen-bond donors (Lipinski definition) is 0. The molecule has 1 aromatic carbocycles. The van der Waals surface area contributed by atoms with Gasteiger partial charge >= 0.3 is 0 Å². The number of isothiocyanates is 2. The number of aliphatic imine (C=N–C) groups is 2. The van der Waals surface area contributed by atoms with E-state index in [1.165, 1.54) is 12.0 Å². The van der Waals surface area contributed by atoms with Crippen molar-refractivity contribution in [3.63, 3.8) is 0 Å². The summed E-state index contributed by atoms with van der Waals surface area (Å²) in [4.78, 5) is 8.53. The maximum Gasteiger partial charge on any atom is 0.170 e. The molecule has 1 aliphatic carbocycles. The van der Waals surface area contributed by atoms with E-state index < -0.39 is 5.66 Å². The van der Waals surface area contributed by atoms with Gasteiger partial charge in [0, 0.05) is 0 Å². The predicted octanol–water partition coefficient (Wildman–Crippen LogP) is 4.32. The molecule has 19 heavy (non-hydrogen) atoms. The molecule has 1 saturated carbocycles. The zero-order chi connectivity index (χ0) is 13.6. The number of thiocarbonyl (C=S) groups is 2. The maximum atomic E-state index is 4.75. The molecular formula is C15H16N2S2. The lowest BCUT2D eigenvalue weighted by Crippen LogP contribution is -2.32. The standard InChI is InChI=1S/C15H16N2S2/c18-11-16-15(17-12-19)8-4-7-14(10-15)9-13-5-2-1-3-6-13/h1-3,5-6,14H,4,7-10H2. The van der Waals surface area contributed by atoms with Crippen LogP contribution in [0.5, 0.6) is 0 Å². The molecule has 1 aliphatic rings. The minimum absolute atomic E-state index is 0.499. The summed E-state index contributed by atoms with van der Waals surface area (Å²) >= 11 is 9.50. The van der Waals surface area contributed by atoms with Crippen molar-refractivity contribution in [3.8, 4) is 0 Å². The summed E-state index contributed by atoms with van der Waals surface area (Å²) in [7, 11) is 0. The van der Waals surface area contributed by atoms with E-state index in [1.54, 1.807) is 0 Å². The summed E-state index contributed by atoms with van der Waals surface area (Å²) in [6, 6.07) is 10.5. The Bertz CT molecular complexity index is 496. The lowest BCUT2D eigenvalue weighted by atomic mass is 9.79. The van der Waals surface area contributed by atoms with Gasteiger partial charge in [0.25, 0.3) is 0 Å². The van der Waals surface area contributed by atoms with E-state index in [1.807, 2.05) is 6.07 Å². The molecule has 0 aromatic heterocycles. The average molecular weight is 288 g/mol. The number of nitrogens with zero attached hydrogens (tertiary/aromatic N) is 2. The molecule has 1 aromatic rings. The van der Waals surface area contributed by atoms with E-state index in [4.69, 9.17) is 24.4 Å². The highest BCUT2D eigenvalue weighted by Crippen LogP contribution is 2.37. The van der Waals surface area contributed by atoms with Gasteiger partial charge in [-0.2, -0.15) is 0 Å². The normalized spacial score (nSPS) is 26.0. The van der Waals surface area contributed by atoms with E-state index >= 15 is 0 Å². The minimum atomic E-state index is -0.499. The van der Waals surface area contributed by atoms with Crippen LogP contribution in [0, 0.1) is 5.92 Å². The lowest BCUT2D eigenvalue weighted by Gasteiger charge is -2.33. The first-order chi connectivity index (χ1) is 9.28. The van der Waals surface area contributed by atoms with Crippen LogP contribution in [0.15, 0.2) is 40.3 Å². The Morgan fingerprint density at radius 3 is 2.47 bits per heavy atom. The third-order valence-corrected chi connectivity index (χ3v) is 3.86. The molecule has 2 rings (SSSR count). The maximum absolute atomic E-state index is 4.75. The van der Waals surface area contributed by atoms with Crippen molar-refractivity contribution in [2.75, 3.05) is 0 Å². The zero-order valence-corrected chi connectivity index (χ0v) is 12.3. The van der Waals surface area contributed by atoms with Crippen molar-refractivity contribution < 1.29 is 0 Å². The zero-order valence-electron chi connectivity index (χ0n) is 10.7. The van der Waals surface area contributed by atoms with Gasteiger partial charge in [-0.3, -0.25) is 0 Å². The molecular weight excluding hydrogens is 272 g/mol. The first-order valence-electron chi connectivity index (χ1n) is 6.50. The Morgan fingerprint density at radius 2 is 1.84 bits per heavy atom. The summed E-state index contributed by atoms with van der Waals surface area (Å²) in [5, 5.41) is 4.95. The highest BCUT2D eigenvalue weighted by molar-refractivity contribution is 7.78. The fourth-order valence-electron chi connectivity index (χ4n) is 2.86. The third kappa shape index (κ3) is 3.89. The molecule has 0 spiro atoms. The van der Waals surface area contributed by atoms with E-state index in [0.717, 1.165) is 25.7 Å². The van der Waals surface area contributed by atoms with Crippen molar-refractivity contribution in [2.24, 2.45) is 15.9 Å². The number of hydrogen-bond acceptors (Lipinski definition) is 4. The van der Waals surface area contributed by atoms with Crippen molar-refractivity contribution >= 4 is 34.8 Å². The van der Waals surface area contributed by atoms with Gasteiger partial charge in [-0.15, -0.1) is 0 Å². The molecule has 1 fully saturated rings. The lowest BCUT2D eigenvalue weighted by molar-refractivity contribution is 0.235. The Kier molecular flexibility index (Phi) is 5.12. The average Bonchev–Trinajstić information content (AvgIpc) is 2.41. The molecule has 0 bridgehead atoms. The molecule has 0 heterocycles. The first kappa shape index (κ1) is 14.2. The molecule has 0 amide bonds. The molecule has 1 atom stereocenters. The van der Waals surface area contributed by atoms with E-state index in [9.17, 15) is 0 Å². The van der Waals surface area contributed by atoms with Crippen LogP contribution in [0.4, 0.5) is 0 Å². The summed E-state index contributed by atoms with van der Waals surface area (Å²) in [5.41, 5.74) is 0.863. The van der Waals surface area contributed by atoms with Gasteiger partial charge in [0.15, 0.2) is 5.66 Å². The highest BCUT2D eigenvalue weighted by Gasteiger charge is 2.35. The van der Waals surface area contributed by atoms with Crippen molar-refractivity contribution in [2.45, 2.75) is 37.8 Å². The van der Waals surface area contributed by atoms with Gasteiger partial charge in [0.1, 0.15) is 0 Å². The largest absolute Gasteiger partial charge is 0.201 e. The number of rotatable bonds is 4. The molecule has 0 radical (unpaired) electrons. The van der Waals surface area contributed by atoms with Crippen molar-refractivity contribution in [1.29, 1.82) is 0 Å². The van der Waals surface area contributed by atoms with Gasteiger partial charge < -0.3 is 0 Å². The number of benzene rings is 1. The van der Waals surface area contributed by atoms with Crippen LogP contribution < -0.4 is 0 Å². The van der Waals surface area contributed by atoms with Crippen molar-refractivity contribution in [1.82, 2.24) is 0 Å². The quantitative estimate of drug-likeness (QED) is 0.609. The summed E-state index contributed by atoms with van der Waals surface area (Å²) in [5.74, 6) is 0.565. The first-order valence-corrected chi connectivity index (χ1v) is 7.32. The second kappa shape index (κ2) is 6.83. The molecule has 0 N–H and O–H groups in total. The molecule has 1 unspecified atom stereocenters. The Labute approximate surface area is 124 Å². The van der Waals surface area contributed by atoms with Gasteiger partial charge in [0.2, 0.25) is 0 Å². The fraction of sp³-hybridized carbons (Fsp3) is 0.467. The third-order valence-electron chi connectivity index (χ3n) is 3.68. The van der Waals surface area contributed by atoms with Crippen LogP contribution in [-0.4, -0.2) is 16.0 Å². The topological polar surface area (TPSA) is 24.7 Å². The van der Waals surface area contributed by atoms with Gasteiger partial charge in [-0.25, -0.2) is 9.98 Å². The summed E-state index contributed by atoms with van der Waals surface area (Å²) in [6.45, 7) is 0. The Balaban J connectivity index is 2.12. The van der Waals surface area contributed by atoms with E-state index in [-0.39, 0.29) is 0 Å². The molecule has 0 saturated heterocycles. The predicted molar refractivity (Wildman–Crippen MR) is 84.9 cm³/mol. The van der Waals surface area contributed by atoms with Crippen LogP contribution in [-0.2, 0) is 6.42 Å². The SMILES string of the molecule is S=C=NC1(N=C=S)CCCC(Cc2ccccc2)C1. The van der Waals surface area contributed by atoms with Crippen LogP contribution in [0.2, 0.25) is 0 Å². The van der Waals surface area contributed by atoms with Gasteiger partial charge in [-0.05, 0) is 68.0 Å². The second-order valence-electron chi connectivity index (χ2n) is 5.04. The molecule has 98 valence electrons. The van der Waals surface area contributed by atoms with Crippen LogP contribution in [0.25, 0.3) is 0 Å². The fourth-order valence-corrected chi connectivity index (χ4v) is 3.20. The molecule has 0 aliphatic heterocycles. The Hall–Kier alpha value is -1.18. The molecule has 2 nitrogen and oxygen atoms in total. The minimum Gasteiger partial charge on any atom is -0.201 e. The highest BCUT2D eigenvalue weighted by atomic mass is 32.1. The van der Waals surface area contributed by atoms with E-state index in [2.05, 4.69) is 44.6 Å². The summed E-state index contributed by atoms with van der Waals surface area (Å²) in [6.07, 6.45) is 5.14. The van der Waals surface area contributed by atoms with Gasteiger partial charge in [-0.1, -0.05) is 30.3 Å². The van der Waals surface area contributed by atoms with Crippen LogP contribution >= 0.6 is 24.4 Å². The monoisotopic (exact) mass is 288 g/mol. The molecule has 4 heteroatoms. The van der Waals surface area contributed by atoms with E-state index in [0.29, 0.717) is 5.92 Å². The summed E-state index contributed by atoms with van der Waals surface area (Å²) < 4.78 is 0. The Morgan fingerprint density at radius 1 is 1.16 bits per heavy atom. The second-order valence-corrected chi connectivity index (χ2v) is 5.41. The van der Waals surface area contributed by atoms with Crippen LogP contribution in [0.3, 0.4) is 0 Å². The van der Waals surface area contributed by atoms with Crippen molar-refractivity contribution in [3.05, 3.63) is 35.9 Å². The van der Waals surface area contributed by atoms with Gasteiger partial charge in [0.05, 0.1) is 10.3 Å². The van der Waals surface area contributed by atoms with Crippen LogP contribution in [0.1, 0.15) is 31.2 Å². The smallest absolute Gasteiger partial charge is 0.170 e.